The van der Waals surface area contributed by atoms with Crippen LogP contribution in [-0.4, -0.2) is 66.1 Å². The van der Waals surface area contributed by atoms with Crippen molar-refractivity contribution in [2.45, 2.75) is 54.6 Å². The molecule has 1 heterocycles. The number of carbonyl (C=O) groups excluding carboxylic acids is 2. The van der Waals surface area contributed by atoms with Crippen molar-refractivity contribution < 1.29 is 89.0 Å². The van der Waals surface area contributed by atoms with Gasteiger partial charge in [0.2, 0.25) is 0 Å². The van der Waals surface area contributed by atoms with Crippen LogP contribution in [0, 0.1) is 0 Å². The minimum Gasteiger partial charge on any atom is -0.462 e. The van der Waals surface area contributed by atoms with Crippen LogP contribution in [0.3, 0.4) is 0 Å². The van der Waals surface area contributed by atoms with Crippen molar-refractivity contribution >= 4 is 39.8 Å². The van der Waals surface area contributed by atoms with Crippen molar-refractivity contribution in [1.82, 2.24) is 0 Å². The van der Waals surface area contributed by atoms with Crippen molar-refractivity contribution in [3.05, 3.63) is 40.2 Å². The molecule has 0 saturated carbocycles. The van der Waals surface area contributed by atoms with Crippen LogP contribution >= 0.6 is 22.9 Å². The van der Waals surface area contributed by atoms with E-state index in [1.54, 1.807) is 0 Å². The van der Waals surface area contributed by atoms with Gasteiger partial charge in [-0.1, -0.05) is 23.7 Å². The molecule has 2 aromatic rings. The Morgan fingerprint density at radius 2 is 1.13 bits per heavy atom. The van der Waals surface area contributed by atoms with E-state index >= 15 is 0 Å². The fraction of sp³-hybridized carbons (Fsp3) is 0.455. The van der Waals surface area contributed by atoms with Gasteiger partial charge in [-0.3, -0.25) is 4.79 Å². The smallest absolute Gasteiger partial charge is 0.460 e. The monoisotopic (exact) mass is 727 g/mol. The van der Waals surface area contributed by atoms with Crippen LogP contribution < -0.4 is 5.32 Å². The lowest BCUT2D eigenvalue weighted by molar-refractivity contribution is -0.459. The lowest BCUT2D eigenvalue weighted by Gasteiger charge is -2.42. The number of anilines is 1. The molecule has 1 aromatic carbocycles. The molecule has 0 fully saturated rings. The van der Waals surface area contributed by atoms with Gasteiger partial charge in [0.1, 0.15) is 10.6 Å². The maximum Gasteiger partial charge on any atom is 0.460 e. The van der Waals surface area contributed by atoms with Crippen molar-refractivity contribution in [3.8, 4) is 11.1 Å². The van der Waals surface area contributed by atoms with Crippen molar-refractivity contribution in [1.29, 1.82) is 0 Å². The third-order valence-electron chi connectivity index (χ3n) is 5.66. The summed E-state index contributed by atoms with van der Waals surface area (Å²) >= 11 is 5.71. The molecule has 0 aliphatic carbocycles. The van der Waals surface area contributed by atoms with Gasteiger partial charge in [-0.25, -0.2) is 4.79 Å². The highest BCUT2D eigenvalue weighted by Gasteiger charge is 2.95. The first-order chi connectivity index (χ1) is 20.0. The zero-order chi connectivity index (χ0) is 35.4. The van der Waals surface area contributed by atoms with Crippen LogP contribution in [0.1, 0.15) is 17.3 Å². The van der Waals surface area contributed by atoms with Crippen LogP contribution in [0.5, 0.6) is 0 Å². The molecule has 45 heavy (non-hydrogen) atoms. The Hall–Kier alpha value is -3.04. The predicted octanol–water partition coefficient (Wildman–Crippen LogP) is 9.19. The molecule has 1 N–H and O–H groups in total. The summed E-state index contributed by atoms with van der Waals surface area (Å²) in [6.07, 6.45) is -7.89. The number of hydrogen-bond acceptors (Lipinski definition) is 4. The van der Waals surface area contributed by atoms with Gasteiger partial charge in [-0.15, -0.1) is 11.3 Å². The first-order valence-corrected chi connectivity index (χ1v) is 12.3. The number of nitrogens with one attached hydrogen (secondary N) is 1. The van der Waals surface area contributed by atoms with Gasteiger partial charge < -0.3 is 10.1 Å². The average molecular weight is 728 g/mol. The maximum absolute atomic E-state index is 14.4. The number of esters is 1. The lowest BCUT2D eigenvalue weighted by atomic mass is 9.89. The Bertz CT molecular complexity index is 1420. The predicted molar refractivity (Wildman–Crippen MR) is 120 cm³/mol. The van der Waals surface area contributed by atoms with E-state index in [-0.39, 0.29) is 27.5 Å². The highest BCUT2D eigenvalue weighted by atomic mass is 35.5. The third-order valence-corrected chi connectivity index (χ3v) is 6.81. The minimum atomic E-state index is -8.84. The van der Waals surface area contributed by atoms with E-state index in [1.165, 1.54) is 31.2 Å². The van der Waals surface area contributed by atoms with E-state index in [2.05, 4.69) is 4.74 Å². The second-order valence-corrected chi connectivity index (χ2v) is 9.87. The van der Waals surface area contributed by atoms with Crippen LogP contribution in [0.25, 0.3) is 11.1 Å². The van der Waals surface area contributed by atoms with Crippen molar-refractivity contribution in [2.75, 3.05) is 11.9 Å². The van der Waals surface area contributed by atoms with Crippen molar-refractivity contribution in [2.24, 2.45) is 0 Å². The normalized spacial score (nSPS) is 14.4. The van der Waals surface area contributed by atoms with Gasteiger partial charge in [-0.05, 0) is 24.6 Å². The highest BCUT2D eigenvalue weighted by molar-refractivity contribution is 7.15. The van der Waals surface area contributed by atoms with Gasteiger partial charge in [0, 0.05) is 16.0 Å². The Morgan fingerprint density at radius 3 is 1.56 bits per heavy atom. The number of benzene rings is 1. The molecule has 0 unspecified atom stereocenters. The summed E-state index contributed by atoms with van der Waals surface area (Å²) in [5.41, 5.74) is -1.29. The summed E-state index contributed by atoms with van der Waals surface area (Å²) in [7, 11) is 0. The van der Waals surface area contributed by atoms with Crippen LogP contribution in [-0.2, 0) is 9.53 Å². The fourth-order valence-electron chi connectivity index (χ4n) is 3.19. The molecule has 1 amide bonds. The number of ether oxygens (including phenoxy) is 1. The van der Waals surface area contributed by atoms with E-state index in [0.717, 1.165) is 10.7 Å². The molecule has 0 aliphatic heterocycles. The molecule has 254 valence electrons. The molecule has 1 aromatic heterocycles. The summed E-state index contributed by atoms with van der Waals surface area (Å²) in [6.45, 7) is 0.717. The maximum atomic E-state index is 14.4. The van der Waals surface area contributed by atoms with Crippen molar-refractivity contribution in [3.63, 3.8) is 0 Å². The summed E-state index contributed by atoms with van der Waals surface area (Å²) in [6, 6.07) is 4.73. The lowest BCUT2D eigenvalue weighted by Crippen LogP contribution is -2.75. The molecule has 0 saturated heterocycles. The molecule has 2 rings (SSSR count). The summed E-state index contributed by atoms with van der Waals surface area (Å²) < 4.78 is 234. The molecular formula is C22H11ClF17NO3S. The first kappa shape index (κ1) is 38.1. The third kappa shape index (κ3) is 5.75. The van der Waals surface area contributed by atoms with Gasteiger partial charge >= 0.3 is 59.5 Å². The first-order valence-electron chi connectivity index (χ1n) is 11.1. The van der Waals surface area contributed by atoms with E-state index in [9.17, 15) is 84.2 Å². The van der Waals surface area contributed by atoms with E-state index in [4.69, 9.17) is 11.6 Å². The highest BCUT2D eigenvalue weighted by Crippen LogP contribution is 2.64. The number of alkyl halides is 17. The largest absolute Gasteiger partial charge is 0.462 e. The van der Waals surface area contributed by atoms with E-state index in [0.29, 0.717) is 0 Å². The average Bonchev–Trinajstić information content (AvgIpc) is 3.31. The molecule has 23 heteroatoms. The van der Waals surface area contributed by atoms with Gasteiger partial charge in [0.25, 0.3) is 0 Å². The SMILES string of the molecule is CCOC(=O)c1c(-c2ccc(Cl)cc2)csc1NC(=O)C(F)(F)C(F)(F)C(F)(F)C(F)(F)C(F)(F)C(F)(F)C(F)(F)C(F)(F)F. The zero-order valence-corrected chi connectivity index (χ0v) is 22.6. The Kier molecular flexibility index (Phi) is 9.87. The molecule has 4 nitrogen and oxygen atoms in total. The summed E-state index contributed by atoms with van der Waals surface area (Å²) in [4.78, 5) is 24.4. The summed E-state index contributed by atoms with van der Waals surface area (Å²) in [5.74, 6) is -64.2. The molecular weight excluding hydrogens is 717 g/mol. The number of amides is 1. The Labute approximate surface area is 247 Å². The molecule has 0 bridgehead atoms. The van der Waals surface area contributed by atoms with Crippen LogP contribution in [0.4, 0.5) is 79.6 Å². The molecule has 0 atom stereocenters. The molecule has 0 aliphatic rings. The topological polar surface area (TPSA) is 55.4 Å². The molecule has 0 radical (unpaired) electrons. The quantitative estimate of drug-likeness (QED) is 0.186. The number of halogens is 18. The second kappa shape index (κ2) is 11.6. The number of carbonyl (C=O) groups is 2. The van der Waals surface area contributed by atoms with E-state index in [1.807, 2.05) is 0 Å². The molecule has 0 spiro atoms. The minimum absolute atomic E-state index is 0.0127. The van der Waals surface area contributed by atoms with Gasteiger partial charge in [0.15, 0.2) is 0 Å². The summed E-state index contributed by atoms with van der Waals surface area (Å²) in [5, 5.41) is 0.491. The van der Waals surface area contributed by atoms with Crippen LogP contribution in [0.15, 0.2) is 29.6 Å². The Balaban J connectivity index is 2.61. The zero-order valence-electron chi connectivity index (χ0n) is 21.0. The standard InChI is InChI=1S/C22H11ClF17NO3S/c1-2-44-13(42)11-10(8-3-5-9(23)6-4-8)7-45-12(11)41-14(43)15(24,25)16(26,27)17(28,29)18(30,31)19(32,33)20(34,35)21(36,37)22(38,39)40/h3-7H,2H2,1H3,(H,41,43). The fourth-order valence-corrected chi connectivity index (χ4v) is 4.26. The van der Waals surface area contributed by atoms with Crippen LogP contribution in [0.2, 0.25) is 5.02 Å². The van der Waals surface area contributed by atoms with Gasteiger partial charge in [-0.2, -0.15) is 74.6 Å². The number of thiophene rings is 1. The number of hydrogen-bond donors (Lipinski definition) is 1. The second-order valence-electron chi connectivity index (χ2n) is 8.55. The van der Waals surface area contributed by atoms with Gasteiger partial charge in [0.05, 0.1) is 6.61 Å². The Morgan fingerprint density at radius 1 is 0.711 bits per heavy atom. The van der Waals surface area contributed by atoms with E-state index < -0.39 is 76.7 Å². The number of rotatable bonds is 11.